The fourth-order valence-corrected chi connectivity index (χ4v) is 3.59. The fourth-order valence-electron chi connectivity index (χ4n) is 2.54. The van der Waals surface area contributed by atoms with Gasteiger partial charge in [-0.05, 0) is 26.0 Å². The van der Waals surface area contributed by atoms with Gasteiger partial charge in [-0.1, -0.05) is 41.7 Å². The molecule has 1 amide bonds. The molecule has 1 aromatic carbocycles. The molecule has 0 aliphatic carbocycles. The lowest BCUT2D eigenvalue weighted by Crippen LogP contribution is -2.40. The number of hydrogen-bond donors (Lipinski definition) is 2. The number of rotatable bonds is 6. The van der Waals surface area contributed by atoms with Gasteiger partial charge in [-0.15, -0.1) is 0 Å². The van der Waals surface area contributed by atoms with E-state index in [0.717, 1.165) is 17.0 Å². The number of aryl methyl sites for hydroxylation is 1. The van der Waals surface area contributed by atoms with Crippen molar-refractivity contribution in [1.29, 1.82) is 0 Å². The Bertz CT molecular complexity index is 970. The van der Waals surface area contributed by atoms with Crippen molar-refractivity contribution in [2.45, 2.75) is 19.9 Å². The minimum Gasteiger partial charge on any atom is -0.382 e. The van der Waals surface area contributed by atoms with Gasteiger partial charge in [-0.2, -0.15) is 0 Å². The highest BCUT2D eigenvalue weighted by Crippen LogP contribution is 2.35. The van der Waals surface area contributed by atoms with Crippen LogP contribution in [0.25, 0.3) is 0 Å². The van der Waals surface area contributed by atoms with E-state index in [9.17, 15) is 9.59 Å². The Morgan fingerprint density at radius 2 is 1.85 bits per heavy atom. The summed E-state index contributed by atoms with van der Waals surface area (Å²) < 4.78 is 0. The number of ketones is 1. The van der Waals surface area contributed by atoms with Gasteiger partial charge < -0.3 is 16.4 Å². The minimum atomic E-state index is -0.695. The third-order valence-electron chi connectivity index (χ3n) is 4.06. The third kappa shape index (κ3) is 3.80. The van der Waals surface area contributed by atoms with Crippen molar-refractivity contribution in [3.05, 3.63) is 64.8 Å². The van der Waals surface area contributed by atoms with Gasteiger partial charge in [0.1, 0.15) is 16.7 Å². The molecule has 0 spiro atoms. The van der Waals surface area contributed by atoms with Crippen LogP contribution in [0.15, 0.2) is 48.7 Å². The summed E-state index contributed by atoms with van der Waals surface area (Å²) in [6.45, 7) is 3.53. The van der Waals surface area contributed by atoms with Crippen LogP contribution in [0.3, 0.4) is 0 Å². The standard InChI is InChI=1S/C19H19N5O2S/c1-11-8-9-14(10-22-11)24(12(2)18(21)26)19-23-17(20)16(27-19)15(25)13-6-4-3-5-7-13/h3-10,12H,20H2,1-2H3,(H2,21,26). The highest BCUT2D eigenvalue weighted by atomic mass is 32.1. The van der Waals surface area contributed by atoms with Gasteiger partial charge in [-0.3, -0.25) is 14.6 Å². The van der Waals surface area contributed by atoms with Crippen molar-refractivity contribution in [3.63, 3.8) is 0 Å². The van der Waals surface area contributed by atoms with Gasteiger partial charge >= 0.3 is 0 Å². The average molecular weight is 381 g/mol. The molecule has 2 aromatic heterocycles. The van der Waals surface area contributed by atoms with Crippen LogP contribution in [0.1, 0.15) is 27.9 Å². The first-order chi connectivity index (χ1) is 12.9. The second-order valence-electron chi connectivity index (χ2n) is 6.01. The normalized spacial score (nSPS) is 11.8. The summed E-state index contributed by atoms with van der Waals surface area (Å²) in [5.74, 6) is -0.628. The molecule has 1 unspecified atom stereocenters. The van der Waals surface area contributed by atoms with E-state index in [1.165, 1.54) is 0 Å². The molecule has 0 saturated heterocycles. The second kappa shape index (κ2) is 7.55. The molecule has 2 heterocycles. The van der Waals surface area contributed by atoms with Crippen molar-refractivity contribution in [2.24, 2.45) is 5.73 Å². The number of hydrogen-bond acceptors (Lipinski definition) is 7. The van der Waals surface area contributed by atoms with Gasteiger partial charge in [0.05, 0.1) is 11.9 Å². The minimum absolute atomic E-state index is 0.116. The van der Waals surface area contributed by atoms with Gasteiger partial charge in [0.2, 0.25) is 11.7 Å². The van der Waals surface area contributed by atoms with Crippen molar-refractivity contribution in [2.75, 3.05) is 10.6 Å². The largest absolute Gasteiger partial charge is 0.382 e. The van der Waals surface area contributed by atoms with E-state index in [-0.39, 0.29) is 11.6 Å². The van der Waals surface area contributed by atoms with Crippen LogP contribution in [0, 0.1) is 6.92 Å². The smallest absolute Gasteiger partial charge is 0.240 e. The zero-order chi connectivity index (χ0) is 19.6. The maximum atomic E-state index is 12.8. The summed E-state index contributed by atoms with van der Waals surface area (Å²) in [6, 6.07) is 11.8. The lowest BCUT2D eigenvalue weighted by atomic mass is 10.1. The van der Waals surface area contributed by atoms with Gasteiger partial charge in [0, 0.05) is 11.3 Å². The maximum Gasteiger partial charge on any atom is 0.240 e. The summed E-state index contributed by atoms with van der Waals surface area (Å²) >= 11 is 1.12. The SMILES string of the molecule is Cc1ccc(N(c2nc(N)c(C(=O)c3ccccc3)s2)C(C)C(N)=O)cn1. The number of carbonyl (C=O) groups excluding carboxylic acids is 2. The molecular formula is C19H19N5O2S. The number of benzene rings is 1. The van der Waals surface area contributed by atoms with E-state index < -0.39 is 11.9 Å². The van der Waals surface area contributed by atoms with Crippen LogP contribution in [-0.4, -0.2) is 27.7 Å². The average Bonchev–Trinajstić information content (AvgIpc) is 3.04. The van der Waals surface area contributed by atoms with E-state index in [4.69, 9.17) is 11.5 Å². The number of anilines is 3. The number of carbonyl (C=O) groups is 2. The molecule has 0 fully saturated rings. The van der Waals surface area contributed by atoms with Crippen molar-refractivity contribution >= 4 is 39.7 Å². The zero-order valence-electron chi connectivity index (χ0n) is 14.9. The lowest BCUT2D eigenvalue weighted by Gasteiger charge is -2.26. The molecule has 3 rings (SSSR count). The Balaban J connectivity index is 2.04. The van der Waals surface area contributed by atoms with E-state index >= 15 is 0 Å². The Morgan fingerprint density at radius 1 is 1.15 bits per heavy atom. The van der Waals surface area contributed by atoms with Crippen molar-refractivity contribution in [3.8, 4) is 0 Å². The topological polar surface area (TPSA) is 115 Å². The Kier molecular flexibility index (Phi) is 5.18. The first-order valence-corrected chi connectivity index (χ1v) is 9.07. The number of pyridine rings is 1. The summed E-state index contributed by atoms with van der Waals surface area (Å²) in [4.78, 5) is 35.1. The predicted octanol–water partition coefficient (Wildman–Crippen LogP) is 2.67. The Labute approximate surface area is 160 Å². The van der Waals surface area contributed by atoms with E-state index in [1.54, 1.807) is 42.3 Å². The molecular weight excluding hydrogens is 362 g/mol. The highest BCUT2D eigenvalue weighted by Gasteiger charge is 2.27. The molecule has 138 valence electrons. The van der Waals surface area contributed by atoms with E-state index in [2.05, 4.69) is 9.97 Å². The Morgan fingerprint density at radius 3 is 2.44 bits per heavy atom. The third-order valence-corrected chi connectivity index (χ3v) is 5.13. The highest BCUT2D eigenvalue weighted by molar-refractivity contribution is 7.18. The molecule has 4 N–H and O–H groups in total. The molecule has 1 atom stereocenters. The summed E-state index contributed by atoms with van der Waals surface area (Å²) in [7, 11) is 0. The molecule has 0 aliphatic rings. The van der Waals surface area contributed by atoms with Crippen LogP contribution in [0.5, 0.6) is 0 Å². The molecule has 27 heavy (non-hydrogen) atoms. The zero-order valence-corrected chi connectivity index (χ0v) is 15.7. The predicted molar refractivity (Wildman–Crippen MR) is 106 cm³/mol. The summed E-state index contributed by atoms with van der Waals surface area (Å²) in [5.41, 5.74) is 13.5. The number of nitrogens with zero attached hydrogens (tertiary/aromatic N) is 3. The van der Waals surface area contributed by atoms with E-state index in [0.29, 0.717) is 21.3 Å². The van der Waals surface area contributed by atoms with Gasteiger partial charge in [0.15, 0.2) is 5.13 Å². The van der Waals surface area contributed by atoms with Crippen molar-refractivity contribution in [1.82, 2.24) is 9.97 Å². The molecule has 0 aliphatic heterocycles. The number of amides is 1. The van der Waals surface area contributed by atoms with Gasteiger partial charge in [-0.25, -0.2) is 4.98 Å². The van der Waals surface area contributed by atoms with Gasteiger partial charge in [0.25, 0.3) is 0 Å². The van der Waals surface area contributed by atoms with E-state index in [1.807, 2.05) is 25.1 Å². The summed E-state index contributed by atoms with van der Waals surface area (Å²) in [6.07, 6.45) is 1.63. The van der Waals surface area contributed by atoms with Crippen LogP contribution < -0.4 is 16.4 Å². The van der Waals surface area contributed by atoms with Crippen molar-refractivity contribution < 1.29 is 9.59 Å². The number of primary amides is 1. The van der Waals surface area contributed by atoms with Crippen LogP contribution in [-0.2, 0) is 4.79 Å². The molecule has 3 aromatic rings. The lowest BCUT2D eigenvalue weighted by molar-refractivity contribution is -0.118. The van der Waals surface area contributed by atoms with Crippen LogP contribution in [0.4, 0.5) is 16.6 Å². The number of aromatic nitrogens is 2. The first-order valence-electron chi connectivity index (χ1n) is 8.25. The quantitative estimate of drug-likeness (QED) is 0.634. The molecule has 0 bridgehead atoms. The molecule has 7 nitrogen and oxygen atoms in total. The first kappa shape index (κ1) is 18.5. The monoisotopic (exact) mass is 381 g/mol. The van der Waals surface area contributed by atoms with Crippen LogP contribution in [0.2, 0.25) is 0 Å². The summed E-state index contributed by atoms with van der Waals surface area (Å²) in [5, 5.41) is 0.406. The number of nitrogen functional groups attached to an aromatic ring is 1. The second-order valence-corrected chi connectivity index (χ2v) is 6.99. The number of thiazole rings is 1. The number of nitrogens with two attached hydrogens (primary N) is 2. The Hall–Kier alpha value is -3.26. The maximum absolute atomic E-state index is 12.8. The molecule has 0 saturated carbocycles. The molecule has 8 heteroatoms. The molecule has 0 radical (unpaired) electrons. The van der Waals surface area contributed by atoms with Crippen LogP contribution >= 0.6 is 11.3 Å². The fraction of sp³-hybridized carbons (Fsp3) is 0.158.